The van der Waals surface area contributed by atoms with Crippen molar-refractivity contribution in [2.75, 3.05) is 19.7 Å². The Balaban J connectivity index is 1.61. The van der Waals surface area contributed by atoms with Crippen molar-refractivity contribution in [2.45, 2.75) is 12.6 Å². The van der Waals surface area contributed by atoms with Crippen molar-refractivity contribution < 1.29 is 13.9 Å². The van der Waals surface area contributed by atoms with Gasteiger partial charge in [-0.3, -0.25) is 4.79 Å². The minimum absolute atomic E-state index is 0.189. The van der Waals surface area contributed by atoms with Crippen LogP contribution in [0.3, 0.4) is 0 Å². The molecule has 1 amide bonds. The number of morpholine rings is 1. The van der Waals surface area contributed by atoms with Crippen LogP contribution in [0.1, 0.15) is 5.56 Å². The number of aromatic nitrogens is 2. The monoisotopic (exact) mass is 304 g/mol. The van der Waals surface area contributed by atoms with E-state index in [2.05, 4.69) is 15.6 Å². The van der Waals surface area contributed by atoms with Crippen molar-refractivity contribution in [2.24, 2.45) is 0 Å². The number of nitrogens with one attached hydrogen (secondary N) is 2. The highest BCUT2D eigenvalue weighted by atomic mass is 19.1. The van der Waals surface area contributed by atoms with E-state index >= 15 is 0 Å². The molecule has 2 heterocycles. The first-order chi connectivity index (χ1) is 10.7. The summed E-state index contributed by atoms with van der Waals surface area (Å²) in [6.07, 6.45) is 4.32. The number of amides is 1. The maximum atomic E-state index is 14.1. The number of hydrogen-bond acceptors (Lipinski definition) is 4. The summed E-state index contributed by atoms with van der Waals surface area (Å²) in [6.45, 7) is 2.04. The zero-order valence-corrected chi connectivity index (χ0v) is 12.0. The zero-order chi connectivity index (χ0) is 15.4. The fourth-order valence-electron chi connectivity index (χ4n) is 2.31. The van der Waals surface area contributed by atoms with Gasteiger partial charge in [0.15, 0.2) is 0 Å². The average Bonchev–Trinajstić information content (AvgIpc) is 3.07. The average molecular weight is 304 g/mol. The van der Waals surface area contributed by atoms with E-state index in [-0.39, 0.29) is 18.3 Å². The first kappa shape index (κ1) is 14.7. The molecule has 1 fully saturated rings. The SMILES string of the molecule is O=C(NCc1ccc(-n2ccnc2)c(F)c1)C1CNCCO1. The lowest BCUT2D eigenvalue weighted by atomic mass is 10.2. The summed E-state index contributed by atoms with van der Waals surface area (Å²) in [5.74, 6) is -0.549. The molecule has 0 radical (unpaired) electrons. The smallest absolute Gasteiger partial charge is 0.250 e. The molecule has 1 atom stereocenters. The van der Waals surface area contributed by atoms with Gasteiger partial charge in [0.25, 0.3) is 5.91 Å². The van der Waals surface area contributed by atoms with Crippen LogP contribution in [0.4, 0.5) is 4.39 Å². The van der Waals surface area contributed by atoms with Gasteiger partial charge in [-0.25, -0.2) is 9.37 Å². The fourth-order valence-corrected chi connectivity index (χ4v) is 2.31. The molecule has 0 spiro atoms. The van der Waals surface area contributed by atoms with Crippen LogP contribution in [0.15, 0.2) is 36.9 Å². The molecule has 6 nitrogen and oxygen atoms in total. The molecule has 2 N–H and O–H groups in total. The second-order valence-corrected chi connectivity index (χ2v) is 5.04. The summed E-state index contributed by atoms with van der Waals surface area (Å²) in [7, 11) is 0. The predicted octanol–water partition coefficient (Wildman–Crippen LogP) is 0.616. The molecule has 116 valence electrons. The molecular formula is C15H17FN4O2. The van der Waals surface area contributed by atoms with E-state index < -0.39 is 6.10 Å². The van der Waals surface area contributed by atoms with Gasteiger partial charge in [-0.15, -0.1) is 0 Å². The number of benzene rings is 1. The van der Waals surface area contributed by atoms with Crippen LogP contribution < -0.4 is 10.6 Å². The van der Waals surface area contributed by atoms with E-state index in [1.807, 2.05) is 0 Å². The second-order valence-electron chi connectivity index (χ2n) is 5.04. The number of ether oxygens (including phenoxy) is 1. The maximum absolute atomic E-state index is 14.1. The van der Waals surface area contributed by atoms with E-state index in [0.29, 0.717) is 24.4 Å². The molecule has 1 saturated heterocycles. The van der Waals surface area contributed by atoms with Crippen molar-refractivity contribution in [3.63, 3.8) is 0 Å². The second kappa shape index (κ2) is 6.67. The molecule has 2 aromatic rings. The molecule has 0 bridgehead atoms. The summed E-state index contributed by atoms with van der Waals surface area (Å²) < 4.78 is 21.1. The normalized spacial score (nSPS) is 18.1. The van der Waals surface area contributed by atoms with E-state index in [0.717, 1.165) is 6.54 Å². The largest absolute Gasteiger partial charge is 0.366 e. The topological polar surface area (TPSA) is 68.2 Å². The lowest BCUT2D eigenvalue weighted by molar-refractivity contribution is -0.134. The van der Waals surface area contributed by atoms with Crippen molar-refractivity contribution in [3.8, 4) is 5.69 Å². The Hall–Kier alpha value is -2.25. The van der Waals surface area contributed by atoms with Gasteiger partial charge in [-0.2, -0.15) is 0 Å². The van der Waals surface area contributed by atoms with Crippen molar-refractivity contribution >= 4 is 5.91 Å². The van der Waals surface area contributed by atoms with E-state index in [4.69, 9.17) is 4.74 Å². The first-order valence-corrected chi connectivity index (χ1v) is 7.11. The van der Waals surface area contributed by atoms with E-state index in [1.54, 1.807) is 29.1 Å². The third kappa shape index (κ3) is 3.32. The molecule has 1 aromatic heterocycles. The Morgan fingerprint density at radius 3 is 3.14 bits per heavy atom. The maximum Gasteiger partial charge on any atom is 0.250 e. The van der Waals surface area contributed by atoms with Gasteiger partial charge in [-0.1, -0.05) is 6.07 Å². The number of carbonyl (C=O) groups is 1. The molecule has 0 saturated carbocycles. The highest BCUT2D eigenvalue weighted by Gasteiger charge is 2.21. The van der Waals surface area contributed by atoms with Gasteiger partial charge in [0.1, 0.15) is 11.9 Å². The minimum atomic E-state index is -0.483. The summed E-state index contributed by atoms with van der Waals surface area (Å²) in [6, 6.07) is 4.85. The Morgan fingerprint density at radius 1 is 1.55 bits per heavy atom. The Bertz CT molecular complexity index is 639. The number of hydrogen-bond donors (Lipinski definition) is 2. The number of nitrogens with zero attached hydrogens (tertiary/aromatic N) is 2. The summed E-state index contributed by atoms with van der Waals surface area (Å²) in [4.78, 5) is 15.8. The van der Waals surface area contributed by atoms with Crippen LogP contribution in [0.2, 0.25) is 0 Å². The molecule has 1 unspecified atom stereocenters. The van der Waals surface area contributed by atoms with Crippen LogP contribution in [0, 0.1) is 5.82 Å². The Labute approximate surface area is 127 Å². The molecule has 0 aliphatic carbocycles. The van der Waals surface area contributed by atoms with Crippen LogP contribution in [0.5, 0.6) is 0 Å². The zero-order valence-electron chi connectivity index (χ0n) is 12.0. The lowest BCUT2D eigenvalue weighted by Crippen LogP contribution is -2.47. The van der Waals surface area contributed by atoms with Crippen LogP contribution in [-0.2, 0) is 16.1 Å². The quantitative estimate of drug-likeness (QED) is 0.869. The molecule has 22 heavy (non-hydrogen) atoms. The molecule has 1 aliphatic rings. The Kier molecular flexibility index (Phi) is 4.45. The third-order valence-electron chi connectivity index (χ3n) is 3.48. The van der Waals surface area contributed by atoms with Gasteiger partial charge in [0, 0.05) is 32.0 Å². The van der Waals surface area contributed by atoms with Gasteiger partial charge in [0.05, 0.1) is 18.6 Å². The highest BCUT2D eigenvalue weighted by molar-refractivity contribution is 5.81. The standard InChI is InChI=1S/C15H17FN4O2/c16-12-7-11(1-2-13(12)20-5-3-18-10-20)8-19-15(21)14-9-17-4-6-22-14/h1-3,5,7,10,14,17H,4,6,8-9H2,(H,19,21). The van der Waals surface area contributed by atoms with Gasteiger partial charge >= 0.3 is 0 Å². The first-order valence-electron chi connectivity index (χ1n) is 7.11. The lowest BCUT2D eigenvalue weighted by Gasteiger charge is -2.22. The molecule has 7 heteroatoms. The molecule has 3 rings (SSSR count). The summed E-state index contributed by atoms with van der Waals surface area (Å²) in [5.41, 5.74) is 1.12. The van der Waals surface area contributed by atoms with Crippen LogP contribution in [-0.4, -0.2) is 41.3 Å². The molecular weight excluding hydrogens is 287 g/mol. The van der Waals surface area contributed by atoms with Crippen molar-refractivity contribution in [1.82, 2.24) is 20.2 Å². The van der Waals surface area contributed by atoms with Crippen LogP contribution >= 0.6 is 0 Å². The van der Waals surface area contributed by atoms with Gasteiger partial charge in [0.2, 0.25) is 0 Å². The summed E-state index contributed by atoms with van der Waals surface area (Å²) in [5, 5.41) is 5.85. The number of halogens is 1. The van der Waals surface area contributed by atoms with Gasteiger partial charge < -0.3 is 19.9 Å². The minimum Gasteiger partial charge on any atom is -0.366 e. The number of rotatable bonds is 4. The third-order valence-corrected chi connectivity index (χ3v) is 3.48. The van der Waals surface area contributed by atoms with Crippen molar-refractivity contribution in [3.05, 3.63) is 48.3 Å². The van der Waals surface area contributed by atoms with Crippen LogP contribution in [0.25, 0.3) is 5.69 Å². The number of carbonyl (C=O) groups excluding carboxylic acids is 1. The highest BCUT2D eigenvalue weighted by Crippen LogP contribution is 2.15. The van der Waals surface area contributed by atoms with E-state index in [1.165, 1.54) is 12.4 Å². The predicted molar refractivity (Wildman–Crippen MR) is 78.0 cm³/mol. The Morgan fingerprint density at radius 2 is 2.45 bits per heavy atom. The number of imidazole rings is 1. The molecule has 1 aliphatic heterocycles. The summed E-state index contributed by atoms with van der Waals surface area (Å²) >= 11 is 0. The van der Waals surface area contributed by atoms with Gasteiger partial charge in [-0.05, 0) is 17.7 Å². The fraction of sp³-hybridized carbons (Fsp3) is 0.333. The molecule has 1 aromatic carbocycles. The van der Waals surface area contributed by atoms with E-state index in [9.17, 15) is 9.18 Å². The van der Waals surface area contributed by atoms with Crippen molar-refractivity contribution in [1.29, 1.82) is 0 Å².